The molecule has 1 aromatic heterocycles. The molecule has 4 aromatic carbocycles. The van der Waals surface area contributed by atoms with Gasteiger partial charge in [-0.05, 0) is 35.2 Å². The number of benzene rings is 4. The van der Waals surface area contributed by atoms with E-state index in [2.05, 4.69) is 51.9 Å². The summed E-state index contributed by atoms with van der Waals surface area (Å²) in [6.45, 7) is 3.36. The fraction of sp³-hybridized carbons (Fsp3) is 0.100. The number of hydrogen-bond donors (Lipinski definition) is 0. The van der Waals surface area contributed by atoms with Crippen LogP contribution in [0.25, 0.3) is 33.2 Å². The molecule has 0 radical (unpaired) electrons. The molecule has 36 heavy (non-hydrogen) atoms. The highest BCUT2D eigenvalue weighted by Gasteiger charge is 2.15. The van der Waals surface area contributed by atoms with Crippen molar-refractivity contribution >= 4 is 23.1 Å². The van der Waals surface area contributed by atoms with E-state index in [0.29, 0.717) is 19.6 Å². The van der Waals surface area contributed by atoms with Crippen LogP contribution in [0.15, 0.2) is 109 Å². The summed E-state index contributed by atoms with van der Waals surface area (Å²) in [7, 11) is 0. The molecule has 0 N–H and O–H groups in total. The number of non-ortho nitro benzene ring substituents is 1. The SMILES string of the molecule is CCOC=O.O=[N+]([O-])c1ccc2c(c1)c(-c1ccccc1)cn2Cc1ccc(-c2ccccc2)cc1. The minimum absolute atomic E-state index is 0.106. The van der Waals surface area contributed by atoms with Gasteiger partial charge in [-0.3, -0.25) is 14.9 Å². The minimum Gasteiger partial charge on any atom is -0.468 e. The zero-order chi connectivity index (χ0) is 25.3. The van der Waals surface area contributed by atoms with Crippen LogP contribution in [0.2, 0.25) is 0 Å². The van der Waals surface area contributed by atoms with Gasteiger partial charge in [-0.25, -0.2) is 0 Å². The van der Waals surface area contributed by atoms with Crippen molar-refractivity contribution < 1.29 is 14.5 Å². The summed E-state index contributed by atoms with van der Waals surface area (Å²) in [5, 5.41) is 12.2. The van der Waals surface area contributed by atoms with Crippen LogP contribution >= 0.6 is 0 Å². The van der Waals surface area contributed by atoms with E-state index in [0.717, 1.165) is 22.0 Å². The van der Waals surface area contributed by atoms with Crippen LogP contribution in [0.3, 0.4) is 0 Å². The molecule has 0 unspecified atom stereocenters. The smallest absolute Gasteiger partial charge is 0.293 e. The van der Waals surface area contributed by atoms with Crippen molar-refractivity contribution in [1.29, 1.82) is 0 Å². The van der Waals surface area contributed by atoms with Gasteiger partial charge in [0.1, 0.15) is 0 Å². The molecule has 0 saturated heterocycles. The first-order chi connectivity index (χ1) is 17.6. The van der Waals surface area contributed by atoms with E-state index in [1.807, 2.05) is 54.6 Å². The van der Waals surface area contributed by atoms with Gasteiger partial charge in [-0.2, -0.15) is 0 Å². The van der Waals surface area contributed by atoms with Gasteiger partial charge in [-0.1, -0.05) is 84.9 Å². The Balaban J connectivity index is 0.000000556. The molecule has 180 valence electrons. The lowest BCUT2D eigenvalue weighted by molar-refractivity contribution is -0.384. The first-order valence-electron chi connectivity index (χ1n) is 11.6. The number of fused-ring (bicyclic) bond motifs is 1. The maximum atomic E-state index is 11.3. The Morgan fingerprint density at radius 2 is 1.44 bits per heavy atom. The normalized spacial score (nSPS) is 10.4. The van der Waals surface area contributed by atoms with Crippen molar-refractivity contribution in [3.63, 3.8) is 0 Å². The van der Waals surface area contributed by atoms with Crippen molar-refractivity contribution in [3.05, 3.63) is 125 Å². The zero-order valence-electron chi connectivity index (χ0n) is 19.9. The number of nitro benzene ring substituents is 1. The van der Waals surface area contributed by atoms with Gasteiger partial charge in [0.15, 0.2) is 0 Å². The third-order valence-electron chi connectivity index (χ3n) is 5.81. The van der Waals surface area contributed by atoms with E-state index in [1.165, 1.54) is 16.7 Å². The number of rotatable bonds is 7. The Morgan fingerprint density at radius 3 is 2.00 bits per heavy atom. The Morgan fingerprint density at radius 1 is 0.833 bits per heavy atom. The summed E-state index contributed by atoms with van der Waals surface area (Å²) in [5.74, 6) is 0. The van der Waals surface area contributed by atoms with Crippen LogP contribution in [0.5, 0.6) is 0 Å². The van der Waals surface area contributed by atoms with Gasteiger partial charge in [0.2, 0.25) is 0 Å². The summed E-state index contributed by atoms with van der Waals surface area (Å²) in [6, 6.07) is 34.0. The highest BCUT2D eigenvalue weighted by molar-refractivity contribution is 5.97. The van der Waals surface area contributed by atoms with Crippen LogP contribution in [0.1, 0.15) is 12.5 Å². The second-order valence-electron chi connectivity index (χ2n) is 8.11. The van der Waals surface area contributed by atoms with Crippen LogP contribution in [-0.4, -0.2) is 22.6 Å². The predicted octanol–water partition coefficient (Wildman–Crippen LogP) is 7.11. The molecule has 6 nitrogen and oxygen atoms in total. The third-order valence-corrected chi connectivity index (χ3v) is 5.81. The Bertz CT molecular complexity index is 1440. The van der Waals surface area contributed by atoms with Crippen molar-refractivity contribution in [3.8, 4) is 22.3 Å². The number of hydrogen-bond acceptors (Lipinski definition) is 4. The van der Waals surface area contributed by atoms with Crippen molar-refractivity contribution in [2.45, 2.75) is 13.5 Å². The van der Waals surface area contributed by atoms with Crippen LogP contribution < -0.4 is 0 Å². The molecule has 0 atom stereocenters. The number of nitrogens with zero attached hydrogens (tertiary/aromatic N) is 2. The number of carbonyl (C=O) groups excluding carboxylic acids is 1. The first-order valence-corrected chi connectivity index (χ1v) is 11.6. The van der Waals surface area contributed by atoms with E-state index in [4.69, 9.17) is 0 Å². The maximum Gasteiger partial charge on any atom is 0.293 e. The molecule has 5 rings (SSSR count). The van der Waals surface area contributed by atoms with E-state index >= 15 is 0 Å². The molecule has 6 heteroatoms. The standard InChI is InChI=1S/C27H20N2O2.C3H6O2/c30-29(31)24-15-16-27-25(17-24)26(23-9-5-2-6-10-23)19-28(27)18-20-11-13-22(14-12-20)21-7-3-1-4-8-21;1-2-5-3-4/h1-17,19H,18H2;3H,2H2,1H3. The molecule has 0 fully saturated rings. The second kappa shape index (κ2) is 11.6. The third kappa shape index (κ3) is 5.67. The molecule has 0 spiro atoms. The number of aromatic nitrogens is 1. The molecule has 0 aliphatic rings. The lowest BCUT2D eigenvalue weighted by Crippen LogP contribution is -1.98. The molecular weight excluding hydrogens is 452 g/mol. The average molecular weight is 479 g/mol. The number of ether oxygens (including phenoxy) is 1. The highest BCUT2D eigenvalue weighted by atomic mass is 16.6. The van der Waals surface area contributed by atoms with Gasteiger partial charge in [-0.15, -0.1) is 0 Å². The van der Waals surface area contributed by atoms with Crippen LogP contribution in [0, 0.1) is 10.1 Å². The molecule has 0 aliphatic carbocycles. The average Bonchev–Trinajstić information content (AvgIpc) is 3.28. The molecule has 1 heterocycles. The lowest BCUT2D eigenvalue weighted by Gasteiger charge is -2.07. The summed E-state index contributed by atoms with van der Waals surface area (Å²) >= 11 is 0. The Labute approximate surface area is 209 Å². The van der Waals surface area contributed by atoms with Gasteiger partial charge in [0.25, 0.3) is 12.2 Å². The van der Waals surface area contributed by atoms with Gasteiger partial charge < -0.3 is 9.30 Å². The molecule has 0 saturated carbocycles. The van der Waals surface area contributed by atoms with Gasteiger partial charge in [0, 0.05) is 41.3 Å². The van der Waals surface area contributed by atoms with Crippen molar-refractivity contribution in [2.24, 2.45) is 0 Å². The van der Waals surface area contributed by atoms with Crippen LogP contribution in [0.4, 0.5) is 5.69 Å². The number of carbonyl (C=O) groups is 1. The van der Waals surface area contributed by atoms with Crippen molar-refractivity contribution in [1.82, 2.24) is 4.57 Å². The predicted molar refractivity (Wildman–Crippen MR) is 143 cm³/mol. The fourth-order valence-corrected chi connectivity index (χ4v) is 4.08. The maximum absolute atomic E-state index is 11.3. The summed E-state index contributed by atoms with van der Waals surface area (Å²) in [4.78, 5) is 20.2. The fourth-order valence-electron chi connectivity index (χ4n) is 4.08. The monoisotopic (exact) mass is 478 g/mol. The van der Waals surface area contributed by atoms with Crippen LogP contribution in [-0.2, 0) is 16.1 Å². The van der Waals surface area contributed by atoms with E-state index in [9.17, 15) is 14.9 Å². The topological polar surface area (TPSA) is 74.4 Å². The number of nitro groups is 1. The Kier molecular flexibility index (Phi) is 7.88. The molecule has 0 amide bonds. The van der Waals surface area contributed by atoms with E-state index in [-0.39, 0.29) is 10.6 Å². The van der Waals surface area contributed by atoms with Crippen molar-refractivity contribution in [2.75, 3.05) is 6.61 Å². The molecule has 5 aromatic rings. The zero-order valence-corrected chi connectivity index (χ0v) is 19.9. The molecule has 0 bridgehead atoms. The summed E-state index contributed by atoms with van der Waals surface area (Å²) in [6.07, 6.45) is 2.09. The summed E-state index contributed by atoms with van der Waals surface area (Å²) in [5.41, 5.74) is 6.69. The Hall–Kier alpha value is -4.71. The lowest BCUT2D eigenvalue weighted by atomic mass is 10.0. The van der Waals surface area contributed by atoms with Gasteiger partial charge >= 0.3 is 0 Å². The quantitative estimate of drug-likeness (QED) is 0.142. The summed E-state index contributed by atoms with van der Waals surface area (Å²) < 4.78 is 6.32. The minimum atomic E-state index is -0.339. The second-order valence-corrected chi connectivity index (χ2v) is 8.11. The van der Waals surface area contributed by atoms with E-state index < -0.39 is 0 Å². The van der Waals surface area contributed by atoms with Gasteiger partial charge in [0.05, 0.1) is 11.5 Å². The highest BCUT2D eigenvalue weighted by Crippen LogP contribution is 2.33. The molecular formula is C30H26N2O4. The largest absolute Gasteiger partial charge is 0.468 e. The first kappa shape index (κ1) is 24.4. The molecule has 0 aliphatic heterocycles. The van der Waals surface area contributed by atoms with E-state index in [1.54, 1.807) is 19.1 Å².